The van der Waals surface area contributed by atoms with Crippen molar-refractivity contribution in [1.29, 1.82) is 5.26 Å². The highest BCUT2D eigenvalue weighted by molar-refractivity contribution is 6.43. The van der Waals surface area contributed by atoms with Crippen molar-refractivity contribution in [2.45, 2.75) is 13.8 Å². The standard InChI is InChI=1S/C12H12ClN3O2/c1-3-18-12(17)11(7-14)16-15-10-6-4-5-9(13)8(10)2/h4-6,15H,3H2,1-2H3/b16-11-. The molecule has 0 saturated carbocycles. The van der Waals surface area contributed by atoms with Crippen molar-refractivity contribution in [2.24, 2.45) is 5.10 Å². The van der Waals surface area contributed by atoms with Gasteiger partial charge in [0.15, 0.2) is 0 Å². The first-order valence-corrected chi connectivity index (χ1v) is 5.64. The fourth-order valence-electron chi connectivity index (χ4n) is 1.16. The molecule has 6 heteroatoms. The number of hydrazone groups is 1. The summed E-state index contributed by atoms with van der Waals surface area (Å²) in [6, 6.07) is 6.89. The predicted molar refractivity (Wildman–Crippen MR) is 69.5 cm³/mol. The van der Waals surface area contributed by atoms with E-state index in [9.17, 15) is 4.79 Å². The smallest absolute Gasteiger partial charge is 0.369 e. The van der Waals surface area contributed by atoms with E-state index in [-0.39, 0.29) is 12.3 Å². The highest BCUT2D eigenvalue weighted by Crippen LogP contribution is 2.22. The van der Waals surface area contributed by atoms with Crippen LogP contribution in [0, 0.1) is 18.3 Å². The van der Waals surface area contributed by atoms with Gasteiger partial charge in [0, 0.05) is 5.02 Å². The molecule has 0 aliphatic carbocycles. The average Bonchev–Trinajstić information content (AvgIpc) is 2.35. The third-order valence-corrected chi connectivity index (χ3v) is 2.54. The molecule has 0 radical (unpaired) electrons. The number of halogens is 1. The molecule has 1 N–H and O–H groups in total. The molecule has 0 aliphatic heterocycles. The maximum Gasteiger partial charge on any atom is 0.369 e. The number of hydrogen-bond donors (Lipinski definition) is 1. The molecule has 0 aromatic heterocycles. The van der Waals surface area contributed by atoms with Crippen molar-refractivity contribution in [3.63, 3.8) is 0 Å². The van der Waals surface area contributed by atoms with E-state index in [0.29, 0.717) is 10.7 Å². The number of benzene rings is 1. The second-order valence-electron chi connectivity index (χ2n) is 3.32. The molecule has 0 bridgehead atoms. The predicted octanol–water partition coefficient (Wildman–Crippen LogP) is 2.50. The quantitative estimate of drug-likeness (QED) is 0.516. The summed E-state index contributed by atoms with van der Waals surface area (Å²) in [6.07, 6.45) is 0. The number of ether oxygens (including phenoxy) is 1. The molecule has 5 nitrogen and oxygen atoms in total. The number of nitrogens with one attached hydrogen (secondary N) is 1. The van der Waals surface area contributed by atoms with Gasteiger partial charge in [-0.1, -0.05) is 17.7 Å². The Morgan fingerprint density at radius 3 is 2.94 bits per heavy atom. The van der Waals surface area contributed by atoms with Gasteiger partial charge in [-0.3, -0.25) is 5.43 Å². The fourth-order valence-corrected chi connectivity index (χ4v) is 1.33. The molecule has 1 aromatic carbocycles. The molecule has 0 unspecified atom stereocenters. The number of anilines is 1. The van der Waals surface area contributed by atoms with Crippen molar-refractivity contribution in [2.75, 3.05) is 12.0 Å². The minimum absolute atomic E-state index is 0.190. The molecule has 18 heavy (non-hydrogen) atoms. The monoisotopic (exact) mass is 265 g/mol. The minimum Gasteiger partial charge on any atom is -0.461 e. The highest BCUT2D eigenvalue weighted by atomic mass is 35.5. The lowest BCUT2D eigenvalue weighted by molar-refractivity contribution is -0.134. The summed E-state index contributed by atoms with van der Waals surface area (Å²) in [5, 5.41) is 13.1. The lowest BCUT2D eigenvalue weighted by Crippen LogP contribution is -2.17. The van der Waals surface area contributed by atoms with Crippen molar-refractivity contribution >= 4 is 29.0 Å². The molecule has 94 valence electrons. The van der Waals surface area contributed by atoms with Gasteiger partial charge >= 0.3 is 5.97 Å². The van der Waals surface area contributed by atoms with Crippen molar-refractivity contribution < 1.29 is 9.53 Å². The van der Waals surface area contributed by atoms with Crippen molar-refractivity contribution in [1.82, 2.24) is 0 Å². The summed E-state index contributed by atoms with van der Waals surface area (Å²) in [4.78, 5) is 11.3. The Morgan fingerprint density at radius 1 is 1.61 bits per heavy atom. The van der Waals surface area contributed by atoms with Crippen LogP contribution in [-0.2, 0) is 9.53 Å². The summed E-state index contributed by atoms with van der Waals surface area (Å²) < 4.78 is 4.68. The van der Waals surface area contributed by atoms with Gasteiger partial charge in [0.25, 0.3) is 0 Å². The third kappa shape index (κ3) is 3.47. The maximum atomic E-state index is 11.3. The Bertz CT molecular complexity index is 521. The lowest BCUT2D eigenvalue weighted by atomic mass is 10.2. The molecule has 1 rings (SSSR count). The van der Waals surface area contributed by atoms with Gasteiger partial charge in [0.1, 0.15) is 6.07 Å². The summed E-state index contributed by atoms with van der Waals surface area (Å²) >= 11 is 5.93. The van der Waals surface area contributed by atoms with Crippen molar-refractivity contribution in [3.8, 4) is 6.07 Å². The molecule has 0 atom stereocenters. The summed E-state index contributed by atoms with van der Waals surface area (Å²) in [5.74, 6) is -0.757. The number of carbonyl (C=O) groups is 1. The Kier molecular flexibility index (Phi) is 5.15. The summed E-state index contributed by atoms with van der Waals surface area (Å²) in [5.41, 5.74) is 3.69. The van der Waals surface area contributed by atoms with Crippen LogP contribution in [0.2, 0.25) is 5.02 Å². The average molecular weight is 266 g/mol. The normalized spacial score (nSPS) is 10.7. The molecule has 0 spiro atoms. The maximum absolute atomic E-state index is 11.3. The second-order valence-corrected chi connectivity index (χ2v) is 3.72. The van der Waals surface area contributed by atoms with Crippen LogP contribution in [0.1, 0.15) is 12.5 Å². The van der Waals surface area contributed by atoms with E-state index in [1.807, 2.05) is 0 Å². The van der Waals surface area contributed by atoms with E-state index in [1.54, 1.807) is 38.1 Å². The van der Waals surface area contributed by atoms with Gasteiger partial charge in [-0.05, 0) is 31.5 Å². The van der Waals surface area contributed by atoms with Crippen LogP contribution in [0.4, 0.5) is 5.69 Å². The third-order valence-electron chi connectivity index (χ3n) is 2.13. The van der Waals surface area contributed by atoms with E-state index >= 15 is 0 Å². The zero-order valence-corrected chi connectivity index (χ0v) is 10.8. The van der Waals surface area contributed by atoms with E-state index in [1.165, 1.54) is 0 Å². The highest BCUT2D eigenvalue weighted by Gasteiger charge is 2.12. The number of rotatable bonds is 4. The Morgan fingerprint density at radius 2 is 2.33 bits per heavy atom. The first-order valence-electron chi connectivity index (χ1n) is 5.26. The number of hydrogen-bond acceptors (Lipinski definition) is 5. The number of nitrogens with zero attached hydrogens (tertiary/aromatic N) is 2. The zero-order chi connectivity index (χ0) is 13.5. The molecule has 0 fully saturated rings. The van der Waals surface area contributed by atoms with E-state index in [4.69, 9.17) is 16.9 Å². The number of esters is 1. The first-order chi connectivity index (χ1) is 8.60. The second kappa shape index (κ2) is 6.62. The minimum atomic E-state index is -0.757. The lowest BCUT2D eigenvalue weighted by Gasteiger charge is -2.06. The SMILES string of the molecule is CCOC(=O)/C(C#N)=N\Nc1cccc(Cl)c1C. The Hall–Kier alpha value is -2.06. The van der Waals surface area contributed by atoms with Gasteiger partial charge in [-0.2, -0.15) is 10.4 Å². The van der Waals surface area contributed by atoms with Crippen LogP contribution < -0.4 is 5.43 Å². The molecule has 0 amide bonds. The topological polar surface area (TPSA) is 74.5 Å². The Balaban J connectivity index is 2.87. The summed E-state index contributed by atoms with van der Waals surface area (Å²) in [7, 11) is 0. The molecule has 0 saturated heterocycles. The van der Waals surface area contributed by atoms with Crippen LogP contribution in [0.3, 0.4) is 0 Å². The molecule has 0 heterocycles. The Labute approximate surface area is 110 Å². The van der Waals surface area contributed by atoms with Gasteiger partial charge in [0.2, 0.25) is 5.71 Å². The number of nitriles is 1. The summed E-state index contributed by atoms with van der Waals surface area (Å²) in [6.45, 7) is 3.65. The van der Waals surface area contributed by atoms with Crippen LogP contribution in [0.5, 0.6) is 0 Å². The van der Waals surface area contributed by atoms with E-state index in [2.05, 4.69) is 15.3 Å². The van der Waals surface area contributed by atoms with Crippen LogP contribution >= 0.6 is 11.6 Å². The van der Waals surface area contributed by atoms with Gasteiger partial charge in [0.05, 0.1) is 12.3 Å². The van der Waals surface area contributed by atoms with Crippen LogP contribution in [0.25, 0.3) is 0 Å². The molecular formula is C12H12ClN3O2. The van der Waals surface area contributed by atoms with Crippen LogP contribution in [0.15, 0.2) is 23.3 Å². The van der Waals surface area contributed by atoms with E-state index < -0.39 is 5.97 Å². The largest absolute Gasteiger partial charge is 0.461 e. The van der Waals surface area contributed by atoms with E-state index in [0.717, 1.165) is 5.56 Å². The van der Waals surface area contributed by atoms with Crippen molar-refractivity contribution in [3.05, 3.63) is 28.8 Å². The van der Waals surface area contributed by atoms with Gasteiger partial charge in [-0.15, -0.1) is 0 Å². The fraction of sp³-hybridized carbons (Fsp3) is 0.250. The number of carbonyl (C=O) groups excluding carboxylic acids is 1. The zero-order valence-electron chi connectivity index (χ0n) is 10.0. The van der Waals surface area contributed by atoms with Crippen LogP contribution in [-0.4, -0.2) is 18.3 Å². The van der Waals surface area contributed by atoms with Gasteiger partial charge in [-0.25, -0.2) is 4.79 Å². The molecule has 0 aliphatic rings. The molecule has 1 aromatic rings. The first kappa shape index (κ1) is 14.0. The molecular weight excluding hydrogens is 254 g/mol. The van der Waals surface area contributed by atoms with Gasteiger partial charge < -0.3 is 4.74 Å².